The lowest BCUT2D eigenvalue weighted by molar-refractivity contribution is 0.302. The van der Waals surface area contributed by atoms with Crippen molar-refractivity contribution in [1.82, 2.24) is 19.6 Å². The molecule has 10 heteroatoms. The van der Waals surface area contributed by atoms with Gasteiger partial charge in [0.2, 0.25) is 4.96 Å². The Morgan fingerprint density at radius 1 is 1.09 bits per heavy atom. The number of methoxy groups -OCH3 is 2. The molecule has 0 amide bonds. The van der Waals surface area contributed by atoms with E-state index in [1.807, 2.05) is 24.4 Å². The van der Waals surface area contributed by atoms with Gasteiger partial charge in [-0.15, -0.1) is 16.4 Å². The van der Waals surface area contributed by atoms with Crippen LogP contribution >= 0.6 is 22.7 Å². The van der Waals surface area contributed by atoms with Crippen LogP contribution in [0.3, 0.4) is 0 Å². The van der Waals surface area contributed by atoms with Crippen molar-refractivity contribution in [3.05, 3.63) is 40.5 Å². The van der Waals surface area contributed by atoms with Gasteiger partial charge in [-0.2, -0.15) is 0 Å². The van der Waals surface area contributed by atoms with Gasteiger partial charge in [-0.25, -0.2) is 14.5 Å². The first kappa shape index (κ1) is 21.4. The molecule has 0 radical (unpaired) electrons. The molecule has 4 aromatic heterocycles. The molecule has 0 saturated heterocycles. The molecule has 0 N–H and O–H groups in total. The second-order valence-corrected chi connectivity index (χ2v) is 10.2. The third-order valence-corrected chi connectivity index (χ3v) is 8.10. The summed E-state index contributed by atoms with van der Waals surface area (Å²) in [5.74, 6) is 2.60. The molecule has 0 bridgehead atoms. The van der Waals surface area contributed by atoms with Crippen molar-refractivity contribution in [2.24, 2.45) is 0 Å². The summed E-state index contributed by atoms with van der Waals surface area (Å²) >= 11 is 3.12. The van der Waals surface area contributed by atoms with Crippen molar-refractivity contribution >= 4 is 38.6 Å². The molecular formula is C24H24N4O4S2. The molecule has 1 saturated carbocycles. The van der Waals surface area contributed by atoms with Crippen LogP contribution in [0.2, 0.25) is 0 Å². The Kier molecular flexibility index (Phi) is 5.62. The van der Waals surface area contributed by atoms with E-state index in [4.69, 9.17) is 23.6 Å². The first-order valence-electron chi connectivity index (χ1n) is 11.3. The number of hydrogen-bond acceptors (Lipinski definition) is 9. The van der Waals surface area contributed by atoms with Gasteiger partial charge in [0.15, 0.2) is 5.76 Å². The van der Waals surface area contributed by atoms with Gasteiger partial charge in [-0.3, -0.25) is 0 Å². The molecule has 1 fully saturated rings. The van der Waals surface area contributed by atoms with Crippen LogP contribution in [0, 0.1) is 0 Å². The van der Waals surface area contributed by atoms with E-state index < -0.39 is 0 Å². The van der Waals surface area contributed by atoms with Gasteiger partial charge in [0.05, 0.1) is 36.5 Å². The average molecular weight is 497 g/mol. The van der Waals surface area contributed by atoms with Gasteiger partial charge in [0.1, 0.15) is 29.4 Å². The molecule has 1 aliphatic rings. The second kappa shape index (κ2) is 8.92. The van der Waals surface area contributed by atoms with E-state index in [2.05, 4.69) is 15.5 Å². The predicted octanol–water partition coefficient (Wildman–Crippen LogP) is 6.30. The molecule has 1 aromatic carbocycles. The van der Waals surface area contributed by atoms with Crippen LogP contribution in [-0.2, 0) is 6.61 Å². The molecule has 0 aliphatic heterocycles. The zero-order chi connectivity index (χ0) is 23.1. The Hall–Kier alpha value is -3.11. The summed E-state index contributed by atoms with van der Waals surface area (Å²) in [5, 5.41) is 9.11. The number of imidazole rings is 1. The highest BCUT2D eigenvalue weighted by Gasteiger charge is 2.20. The highest BCUT2D eigenvalue weighted by Crippen LogP contribution is 2.38. The molecule has 176 valence electrons. The maximum atomic E-state index is 6.22. The Morgan fingerprint density at radius 3 is 2.76 bits per heavy atom. The number of benzene rings is 1. The number of aromatic nitrogens is 4. The standard InChI is InChI=1S/C24H24N4O4S2/c1-29-16-8-19(31-12-15-13-33-22(25-15)14-6-4-3-5-7-14)17-10-21(32-20(17)9-16)18-11-28-23(26-18)34-24(27-28)30-2/h8-11,13-14H,3-7,12H2,1-2H3. The highest BCUT2D eigenvalue weighted by molar-refractivity contribution is 7.18. The van der Waals surface area contributed by atoms with Gasteiger partial charge in [0, 0.05) is 23.4 Å². The van der Waals surface area contributed by atoms with Gasteiger partial charge >= 0.3 is 0 Å². The summed E-state index contributed by atoms with van der Waals surface area (Å²) in [6.45, 7) is 0.399. The zero-order valence-corrected chi connectivity index (χ0v) is 20.6. The van der Waals surface area contributed by atoms with Gasteiger partial charge in [0.25, 0.3) is 5.19 Å². The molecule has 0 spiro atoms. The quantitative estimate of drug-likeness (QED) is 0.261. The Labute approximate surface area is 204 Å². The molecule has 4 heterocycles. The Bertz CT molecular complexity index is 1410. The van der Waals surface area contributed by atoms with Crippen molar-refractivity contribution in [2.75, 3.05) is 14.2 Å². The molecule has 1 aliphatic carbocycles. The van der Waals surface area contributed by atoms with Gasteiger partial charge < -0.3 is 18.6 Å². The van der Waals surface area contributed by atoms with E-state index >= 15 is 0 Å². The third-order valence-electron chi connectivity index (χ3n) is 6.16. The third kappa shape index (κ3) is 4.01. The van der Waals surface area contributed by atoms with Crippen molar-refractivity contribution in [3.8, 4) is 28.1 Å². The van der Waals surface area contributed by atoms with Crippen LogP contribution in [0.15, 0.2) is 34.2 Å². The van der Waals surface area contributed by atoms with Crippen LogP contribution in [0.5, 0.6) is 16.7 Å². The smallest absolute Gasteiger partial charge is 0.294 e. The van der Waals surface area contributed by atoms with E-state index in [9.17, 15) is 0 Å². The minimum atomic E-state index is 0.399. The van der Waals surface area contributed by atoms with Gasteiger partial charge in [-0.1, -0.05) is 19.3 Å². The van der Waals surface area contributed by atoms with Crippen molar-refractivity contribution < 1.29 is 18.6 Å². The number of furan rings is 1. The summed E-state index contributed by atoms with van der Waals surface area (Å²) in [6.07, 6.45) is 8.27. The fourth-order valence-electron chi connectivity index (χ4n) is 4.41. The Morgan fingerprint density at radius 2 is 1.97 bits per heavy atom. The molecule has 0 unspecified atom stereocenters. The first-order chi connectivity index (χ1) is 16.7. The zero-order valence-electron chi connectivity index (χ0n) is 18.9. The van der Waals surface area contributed by atoms with E-state index in [0.29, 0.717) is 46.3 Å². The van der Waals surface area contributed by atoms with Crippen molar-refractivity contribution in [1.29, 1.82) is 0 Å². The lowest BCUT2D eigenvalue weighted by atomic mass is 9.90. The molecular weight excluding hydrogens is 472 g/mol. The fraction of sp³-hybridized carbons (Fsp3) is 0.375. The topological polar surface area (TPSA) is 83.9 Å². The van der Waals surface area contributed by atoms with E-state index in [1.165, 1.54) is 48.4 Å². The van der Waals surface area contributed by atoms with Crippen LogP contribution < -0.4 is 14.2 Å². The lowest BCUT2D eigenvalue weighted by Crippen LogP contribution is -2.04. The summed E-state index contributed by atoms with van der Waals surface area (Å²) in [4.78, 5) is 10.2. The SMILES string of the molecule is COc1cc(OCc2csc(C3CCCCC3)n2)c2cc(-c3cn4nc(OC)sc4n3)oc2c1. The summed E-state index contributed by atoms with van der Waals surface area (Å²) in [7, 11) is 3.23. The van der Waals surface area contributed by atoms with E-state index in [0.717, 1.165) is 16.0 Å². The van der Waals surface area contributed by atoms with Crippen molar-refractivity contribution in [2.45, 2.75) is 44.6 Å². The first-order valence-corrected chi connectivity index (χ1v) is 13.0. The second-order valence-electron chi connectivity index (χ2n) is 8.37. The molecule has 6 rings (SSSR count). The maximum absolute atomic E-state index is 6.22. The van der Waals surface area contributed by atoms with Crippen LogP contribution in [0.1, 0.15) is 48.7 Å². The normalized spacial score (nSPS) is 14.8. The minimum absolute atomic E-state index is 0.399. The largest absolute Gasteiger partial charge is 0.496 e. The average Bonchev–Trinajstić information content (AvgIpc) is 3.65. The number of fused-ring (bicyclic) bond motifs is 2. The summed E-state index contributed by atoms with van der Waals surface area (Å²) in [5.41, 5.74) is 2.33. The van der Waals surface area contributed by atoms with Crippen LogP contribution in [0.25, 0.3) is 27.4 Å². The maximum Gasteiger partial charge on any atom is 0.294 e. The number of rotatable bonds is 7. The number of hydrogen-bond donors (Lipinski definition) is 0. The van der Waals surface area contributed by atoms with Crippen LogP contribution in [-0.4, -0.2) is 33.8 Å². The van der Waals surface area contributed by atoms with Gasteiger partial charge in [-0.05, 0) is 30.2 Å². The Balaban J connectivity index is 1.27. The number of thiazole rings is 1. The van der Waals surface area contributed by atoms with E-state index in [1.54, 1.807) is 30.1 Å². The minimum Gasteiger partial charge on any atom is -0.496 e. The fourth-order valence-corrected chi connectivity index (χ4v) is 6.08. The van der Waals surface area contributed by atoms with Crippen molar-refractivity contribution in [3.63, 3.8) is 0 Å². The molecule has 34 heavy (non-hydrogen) atoms. The molecule has 5 aromatic rings. The number of nitrogens with zero attached hydrogens (tertiary/aromatic N) is 4. The van der Waals surface area contributed by atoms with Crippen LogP contribution in [0.4, 0.5) is 0 Å². The monoisotopic (exact) mass is 496 g/mol. The summed E-state index contributed by atoms with van der Waals surface area (Å²) < 4.78 is 24.7. The molecule has 0 atom stereocenters. The lowest BCUT2D eigenvalue weighted by Gasteiger charge is -2.18. The van der Waals surface area contributed by atoms with E-state index in [-0.39, 0.29) is 0 Å². The molecule has 8 nitrogen and oxygen atoms in total. The highest BCUT2D eigenvalue weighted by atomic mass is 32.1. The number of ether oxygens (including phenoxy) is 3. The predicted molar refractivity (Wildman–Crippen MR) is 131 cm³/mol. The summed E-state index contributed by atoms with van der Waals surface area (Å²) in [6, 6.07) is 5.69.